The summed E-state index contributed by atoms with van der Waals surface area (Å²) in [4.78, 5) is 1.02. The van der Waals surface area contributed by atoms with E-state index in [1.165, 1.54) is 0 Å². The van der Waals surface area contributed by atoms with E-state index in [0.717, 1.165) is 23.2 Å². The molecule has 0 aliphatic heterocycles. The fourth-order valence-corrected chi connectivity index (χ4v) is 4.89. The van der Waals surface area contributed by atoms with Gasteiger partial charge in [0.25, 0.3) is 0 Å². The molecule has 1 aromatic carbocycles. The molecule has 0 nitrogen and oxygen atoms in total. The molecule has 2 rings (SSSR count). The summed E-state index contributed by atoms with van der Waals surface area (Å²) in [6, 6.07) is 7.84. The third kappa shape index (κ3) is 3.28. The van der Waals surface area contributed by atoms with Crippen LogP contribution in [0.1, 0.15) is 15.8 Å². The SMILES string of the molecule is Clc1cc(C(Cl)c2ccc(Br)cc2Br)sc1Br. The van der Waals surface area contributed by atoms with Crippen molar-refractivity contribution in [2.45, 2.75) is 5.38 Å². The summed E-state index contributed by atoms with van der Waals surface area (Å²) in [5, 5.41) is 0.496. The van der Waals surface area contributed by atoms with Gasteiger partial charge in [0.1, 0.15) is 0 Å². The van der Waals surface area contributed by atoms with E-state index in [1.54, 1.807) is 11.3 Å². The standard InChI is InChI=1S/C11H5Br3Cl2S/c12-5-1-2-6(7(13)3-5)10(16)9-4-8(15)11(14)17-9/h1-4,10H. The van der Waals surface area contributed by atoms with E-state index < -0.39 is 0 Å². The van der Waals surface area contributed by atoms with E-state index in [4.69, 9.17) is 23.2 Å². The monoisotopic (exact) mass is 476 g/mol. The minimum Gasteiger partial charge on any atom is -0.130 e. The lowest BCUT2D eigenvalue weighted by Gasteiger charge is -2.10. The summed E-state index contributed by atoms with van der Waals surface area (Å²) >= 11 is 24.4. The first kappa shape index (κ1) is 14.4. The maximum absolute atomic E-state index is 6.46. The van der Waals surface area contributed by atoms with Crippen LogP contribution in [0.4, 0.5) is 0 Å². The molecule has 0 saturated carbocycles. The molecular weight excluding hydrogens is 475 g/mol. The zero-order valence-corrected chi connectivity index (χ0v) is 15.3. The van der Waals surface area contributed by atoms with Gasteiger partial charge in [-0.2, -0.15) is 0 Å². The molecular formula is C11H5Br3Cl2S. The molecule has 0 spiro atoms. The van der Waals surface area contributed by atoms with Crippen molar-refractivity contribution in [3.05, 3.63) is 52.5 Å². The van der Waals surface area contributed by atoms with Crippen LogP contribution in [0.15, 0.2) is 37.0 Å². The lowest BCUT2D eigenvalue weighted by Crippen LogP contribution is -1.91. The minimum absolute atomic E-state index is 0.203. The predicted molar refractivity (Wildman–Crippen MR) is 86.6 cm³/mol. The van der Waals surface area contributed by atoms with Crippen LogP contribution in [0.5, 0.6) is 0 Å². The van der Waals surface area contributed by atoms with Crippen LogP contribution >= 0.6 is 82.3 Å². The first-order valence-electron chi connectivity index (χ1n) is 4.53. The molecule has 90 valence electrons. The van der Waals surface area contributed by atoms with Crippen molar-refractivity contribution in [1.82, 2.24) is 0 Å². The molecule has 1 heterocycles. The molecule has 0 saturated heterocycles. The molecule has 0 aliphatic carbocycles. The van der Waals surface area contributed by atoms with E-state index >= 15 is 0 Å². The summed E-state index contributed by atoms with van der Waals surface area (Å²) < 4.78 is 2.91. The highest BCUT2D eigenvalue weighted by molar-refractivity contribution is 9.11. The van der Waals surface area contributed by atoms with E-state index in [0.29, 0.717) is 5.02 Å². The van der Waals surface area contributed by atoms with Gasteiger partial charge in [-0.05, 0) is 39.7 Å². The number of hydrogen-bond acceptors (Lipinski definition) is 1. The quantitative estimate of drug-likeness (QED) is 0.406. The second-order valence-corrected chi connectivity index (χ2v) is 8.31. The van der Waals surface area contributed by atoms with Gasteiger partial charge in [0, 0.05) is 13.8 Å². The minimum atomic E-state index is -0.203. The zero-order valence-electron chi connectivity index (χ0n) is 8.18. The molecule has 17 heavy (non-hydrogen) atoms. The molecule has 1 atom stereocenters. The number of benzene rings is 1. The van der Waals surface area contributed by atoms with Gasteiger partial charge in [-0.3, -0.25) is 0 Å². The average Bonchev–Trinajstić information content (AvgIpc) is 2.58. The summed E-state index contributed by atoms with van der Waals surface area (Å²) in [5.74, 6) is 0. The van der Waals surface area contributed by atoms with Crippen LogP contribution in [0.3, 0.4) is 0 Å². The average molecular weight is 480 g/mol. The highest BCUT2D eigenvalue weighted by atomic mass is 79.9. The maximum atomic E-state index is 6.46. The number of halogens is 5. The van der Waals surface area contributed by atoms with E-state index in [-0.39, 0.29) is 5.38 Å². The number of rotatable bonds is 2. The molecule has 0 N–H and O–H groups in total. The fraction of sp³-hybridized carbons (Fsp3) is 0.0909. The van der Waals surface area contributed by atoms with Gasteiger partial charge >= 0.3 is 0 Å². The van der Waals surface area contributed by atoms with Crippen LogP contribution < -0.4 is 0 Å². The molecule has 0 amide bonds. The lowest BCUT2D eigenvalue weighted by atomic mass is 10.1. The molecule has 0 radical (unpaired) electrons. The highest BCUT2D eigenvalue weighted by Gasteiger charge is 2.17. The first-order valence-corrected chi connectivity index (χ1v) is 8.54. The molecule has 2 aromatic rings. The summed E-state index contributed by atoms with van der Waals surface area (Å²) in [7, 11) is 0. The fourth-order valence-electron chi connectivity index (χ4n) is 1.35. The molecule has 0 bridgehead atoms. The summed E-state index contributed by atoms with van der Waals surface area (Å²) in [6.45, 7) is 0. The smallest absolute Gasteiger partial charge is 0.0939 e. The number of thiophene rings is 1. The van der Waals surface area contributed by atoms with Crippen LogP contribution in [-0.2, 0) is 0 Å². The van der Waals surface area contributed by atoms with Crippen molar-refractivity contribution in [2.24, 2.45) is 0 Å². The Morgan fingerprint density at radius 2 is 1.82 bits per heavy atom. The van der Waals surface area contributed by atoms with Crippen LogP contribution in [0, 0.1) is 0 Å². The second-order valence-electron chi connectivity index (χ2n) is 3.30. The van der Waals surface area contributed by atoms with Crippen LogP contribution in [0.25, 0.3) is 0 Å². The van der Waals surface area contributed by atoms with E-state index in [1.807, 2.05) is 24.3 Å². The van der Waals surface area contributed by atoms with Gasteiger partial charge in [0.2, 0.25) is 0 Å². The molecule has 1 unspecified atom stereocenters. The zero-order chi connectivity index (χ0) is 12.6. The number of alkyl halides is 1. The Balaban J connectivity index is 2.39. The van der Waals surface area contributed by atoms with Crippen molar-refractivity contribution >= 4 is 82.3 Å². The Hall–Kier alpha value is 0.940. The first-order chi connectivity index (χ1) is 7.99. The molecule has 1 aromatic heterocycles. The van der Waals surface area contributed by atoms with Gasteiger partial charge in [0.05, 0.1) is 14.2 Å². The Labute approximate surface area is 139 Å². The third-order valence-electron chi connectivity index (χ3n) is 2.15. The number of hydrogen-bond donors (Lipinski definition) is 0. The van der Waals surface area contributed by atoms with Crippen molar-refractivity contribution in [2.75, 3.05) is 0 Å². The van der Waals surface area contributed by atoms with Crippen molar-refractivity contribution in [3.63, 3.8) is 0 Å². The van der Waals surface area contributed by atoms with Crippen LogP contribution in [-0.4, -0.2) is 0 Å². The second kappa shape index (κ2) is 5.93. The predicted octanol–water partition coefficient (Wildman–Crippen LogP) is 7.02. The topological polar surface area (TPSA) is 0 Å². The van der Waals surface area contributed by atoms with Gasteiger partial charge in [-0.1, -0.05) is 49.5 Å². The Bertz CT molecular complexity index is 534. The van der Waals surface area contributed by atoms with Crippen LogP contribution in [0.2, 0.25) is 5.02 Å². The lowest BCUT2D eigenvalue weighted by molar-refractivity contribution is 1.17. The maximum Gasteiger partial charge on any atom is 0.0939 e. The summed E-state index contributed by atoms with van der Waals surface area (Å²) in [5.41, 5.74) is 1.03. The molecule has 0 aliphatic rings. The Morgan fingerprint density at radius 3 is 2.35 bits per heavy atom. The van der Waals surface area contributed by atoms with E-state index in [2.05, 4.69) is 47.8 Å². The summed E-state index contributed by atoms with van der Waals surface area (Å²) in [6.07, 6.45) is 0. The van der Waals surface area contributed by atoms with Crippen molar-refractivity contribution < 1.29 is 0 Å². The van der Waals surface area contributed by atoms with Gasteiger partial charge in [-0.15, -0.1) is 22.9 Å². The molecule has 6 heteroatoms. The third-order valence-corrected chi connectivity index (χ3v) is 6.47. The molecule has 0 fully saturated rings. The van der Waals surface area contributed by atoms with Crippen molar-refractivity contribution in [3.8, 4) is 0 Å². The van der Waals surface area contributed by atoms with Gasteiger partial charge in [-0.25, -0.2) is 0 Å². The highest BCUT2D eigenvalue weighted by Crippen LogP contribution is 2.42. The Morgan fingerprint density at radius 1 is 1.12 bits per heavy atom. The van der Waals surface area contributed by atoms with Gasteiger partial charge in [0.15, 0.2) is 0 Å². The Kier molecular flexibility index (Phi) is 5.01. The van der Waals surface area contributed by atoms with E-state index in [9.17, 15) is 0 Å². The van der Waals surface area contributed by atoms with Gasteiger partial charge < -0.3 is 0 Å². The normalized spacial score (nSPS) is 12.8. The van der Waals surface area contributed by atoms with Crippen molar-refractivity contribution in [1.29, 1.82) is 0 Å². The largest absolute Gasteiger partial charge is 0.130 e.